The molecular formula is C10H13BrSi. The van der Waals surface area contributed by atoms with Crippen molar-refractivity contribution >= 4 is 24.0 Å². The Balaban J connectivity index is 2.43. The molecule has 0 aromatic heterocycles. The smallest absolute Gasteiger partial charge is 0.0561 e. The molecule has 0 saturated heterocycles. The molecule has 2 rings (SSSR count). The molecule has 0 nitrogen and oxygen atoms in total. The van der Waals surface area contributed by atoms with E-state index in [9.17, 15) is 0 Å². The lowest BCUT2D eigenvalue weighted by Gasteiger charge is -2.11. The second-order valence-corrected chi connectivity index (χ2v) is 10.4. The van der Waals surface area contributed by atoms with E-state index in [1.54, 1.807) is 11.1 Å². The molecule has 1 aromatic carbocycles. The molecule has 0 fully saturated rings. The van der Waals surface area contributed by atoms with E-state index in [-0.39, 0.29) is 0 Å². The third-order valence-corrected chi connectivity index (χ3v) is 5.68. The van der Waals surface area contributed by atoms with Crippen LogP contribution in [0.25, 0.3) is 0 Å². The first-order chi connectivity index (χ1) is 5.57. The van der Waals surface area contributed by atoms with Gasteiger partial charge in [-0.1, -0.05) is 35.1 Å². The van der Waals surface area contributed by atoms with Crippen molar-refractivity contribution in [2.45, 2.75) is 25.2 Å². The molecular weight excluding hydrogens is 228 g/mol. The Hall–Kier alpha value is -0.0831. The summed E-state index contributed by atoms with van der Waals surface area (Å²) in [6.07, 6.45) is 0. The van der Waals surface area contributed by atoms with Gasteiger partial charge in [-0.05, 0) is 35.3 Å². The molecule has 0 spiro atoms. The second-order valence-electron chi connectivity index (χ2n) is 4.43. The molecule has 2 heteroatoms. The highest BCUT2D eigenvalue weighted by atomic mass is 79.9. The summed E-state index contributed by atoms with van der Waals surface area (Å²) in [7, 11) is -0.889. The second kappa shape index (κ2) is 2.71. The number of halogens is 1. The van der Waals surface area contributed by atoms with E-state index in [0.717, 1.165) is 0 Å². The molecule has 0 unspecified atom stereocenters. The van der Waals surface area contributed by atoms with Gasteiger partial charge in [0.25, 0.3) is 0 Å². The molecule has 1 aromatic rings. The maximum absolute atomic E-state index is 3.52. The fourth-order valence-corrected chi connectivity index (χ4v) is 5.29. The molecule has 12 heavy (non-hydrogen) atoms. The van der Waals surface area contributed by atoms with Crippen LogP contribution in [-0.4, -0.2) is 8.07 Å². The maximum atomic E-state index is 3.52. The van der Waals surface area contributed by atoms with Crippen LogP contribution in [0.4, 0.5) is 0 Å². The van der Waals surface area contributed by atoms with Crippen molar-refractivity contribution in [1.82, 2.24) is 0 Å². The number of benzene rings is 1. The fraction of sp³-hybridized carbons (Fsp3) is 0.400. The summed E-state index contributed by atoms with van der Waals surface area (Å²) >= 11 is 3.52. The summed E-state index contributed by atoms with van der Waals surface area (Å²) in [5.74, 6) is 0. The molecule has 0 N–H and O–H groups in total. The van der Waals surface area contributed by atoms with Gasteiger partial charge in [-0.2, -0.15) is 0 Å². The van der Waals surface area contributed by atoms with Crippen LogP contribution < -0.4 is 0 Å². The quantitative estimate of drug-likeness (QED) is 0.611. The van der Waals surface area contributed by atoms with Gasteiger partial charge in [-0.15, -0.1) is 0 Å². The first kappa shape index (κ1) is 8.51. The van der Waals surface area contributed by atoms with Crippen LogP contribution in [0, 0.1) is 0 Å². The predicted octanol–water partition coefficient (Wildman–Crippen LogP) is 3.33. The lowest BCUT2D eigenvalue weighted by Crippen LogP contribution is -2.26. The van der Waals surface area contributed by atoms with Gasteiger partial charge in [0.1, 0.15) is 0 Å². The zero-order valence-corrected chi connectivity index (χ0v) is 10.1. The maximum Gasteiger partial charge on any atom is 0.0561 e. The largest absolute Gasteiger partial charge is 0.0689 e. The first-order valence-corrected chi connectivity index (χ1v) is 8.55. The summed E-state index contributed by atoms with van der Waals surface area (Å²) in [5.41, 5.74) is 3.18. The minimum absolute atomic E-state index is 0.889. The van der Waals surface area contributed by atoms with Crippen LogP contribution in [0.1, 0.15) is 11.1 Å². The first-order valence-electron chi connectivity index (χ1n) is 4.34. The SMILES string of the molecule is C[Si]1(C)Cc2ccc(Br)cc2C1. The van der Waals surface area contributed by atoms with Gasteiger partial charge >= 0.3 is 0 Å². The predicted molar refractivity (Wildman–Crippen MR) is 59.0 cm³/mol. The average Bonchev–Trinajstić information content (AvgIpc) is 2.21. The van der Waals surface area contributed by atoms with Crippen LogP contribution in [0.5, 0.6) is 0 Å². The van der Waals surface area contributed by atoms with E-state index < -0.39 is 8.07 Å². The van der Waals surface area contributed by atoms with Crippen molar-refractivity contribution in [3.8, 4) is 0 Å². The molecule has 0 aliphatic carbocycles. The topological polar surface area (TPSA) is 0 Å². The summed E-state index contributed by atoms with van der Waals surface area (Å²) < 4.78 is 1.23. The summed E-state index contributed by atoms with van der Waals surface area (Å²) in [4.78, 5) is 0. The van der Waals surface area contributed by atoms with Crippen LogP contribution in [0.3, 0.4) is 0 Å². The molecule has 1 aliphatic heterocycles. The van der Waals surface area contributed by atoms with Gasteiger partial charge < -0.3 is 0 Å². The van der Waals surface area contributed by atoms with Crippen LogP contribution >= 0.6 is 15.9 Å². The molecule has 0 saturated carbocycles. The van der Waals surface area contributed by atoms with E-state index >= 15 is 0 Å². The van der Waals surface area contributed by atoms with Crippen molar-refractivity contribution in [2.24, 2.45) is 0 Å². The molecule has 1 aliphatic rings. The standard InChI is InChI=1S/C10H13BrSi/c1-12(2)6-8-3-4-10(11)5-9(8)7-12/h3-5H,6-7H2,1-2H3. The van der Waals surface area contributed by atoms with Gasteiger partial charge in [-0.25, -0.2) is 0 Å². The van der Waals surface area contributed by atoms with Gasteiger partial charge in [-0.3, -0.25) is 0 Å². The Morgan fingerprint density at radius 2 is 1.83 bits per heavy atom. The van der Waals surface area contributed by atoms with E-state index in [1.165, 1.54) is 16.6 Å². The Morgan fingerprint density at radius 3 is 2.58 bits per heavy atom. The Labute approximate surface area is 83.1 Å². The zero-order chi connectivity index (χ0) is 8.77. The Bertz CT molecular complexity index is 318. The highest BCUT2D eigenvalue weighted by molar-refractivity contribution is 9.10. The minimum atomic E-state index is -0.889. The van der Waals surface area contributed by atoms with Crippen LogP contribution in [0.2, 0.25) is 13.1 Å². The molecule has 1 heterocycles. The van der Waals surface area contributed by atoms with Crippen molar-refractivity contribution in [3.05, 3.63) is 33.8 Å². The van der Waals surface area contributed by atoms with E-state index in [1.807, 2.05) is 0 Å². The summed E-state index contributed by atoms with van der Waals surface area (Å²) in [6, 6.07) is 9.46. The molecule has 64 valence electrons. The van der Waals surface area contributed by atoms with E-state index in [2.05, 4.69) is 47.2 Å². The molecule has 0 radical (unpaired) electrons. The number of hydrogen-bond donors (Lipinski definition) is 0. The lowest BCUT2D eigenvalue weighted by molar-refractivity contribution is 1.34. The Kier molecular flexibility index (Phi) is 1.92. The highest BCUT2D eigenvalue weighted by Crippen LogP contribution is 2.30. The molecule has 0 atom stereocenters. The van der Waals surface area contributed by atoms with Crippen molar-refractivity contribution in [1.29, 1.82) is 0 Å². The van der Waals surface area contributed by atoms with Gasteiger partial charge in [0.2, 0.25) is 0 Å². The van der Waals surface area contributed by atoms with Gasteiger partial charge in [0.05, 0.1) is 8.07 Å². The van der Waals surface area contributed by atoms with Crippen LogP contribution in [-0.2, 0) is 12.1 Å². The Morgan fingerprint density at radius 1 is 1.17 bits per heavy atom. The fourth-order valence-electron chi connectivity index (χ4n) is 2.03. The van der Waals surface area contributed by atoms with E-state index in [4.69, 9.17) is 0 Å². The molecule has 0 amide bonds. The van der Waals surface area contributed by atoms with Gasteiger partial charge in [0.15, 0.2) is 0 Å². The number of rotatable bonds is 0. The number of hydrogen-bond acceptors (Lipinski definition) is 0. The monoisotopic (exact) mass is 240 g/mol. The van der Waals surface area contributed by atoms with Crippen molar-refractivity contribution in [2.75, 3.05) is 0 Å². The van der Waals surface area contributed by atoms with Crippen molar-refractivity contribution in [3.63, 3.8) is 0 Å². The van der Waals surface area contributed by atoms with Crippen molar-refractivity contribution < 1.29 is 0 Å². The number of fused-ring (bicyclic) bond motifs is 1. The summed E-state index contributed by atoms with van der Waals surface area (Å²) in [5, 5.41) is 0. The summed E-state index contributed by atoms with van der Waals surface area (Å²) in [6.45, 7) is 4.95. The molecule has 0 bridgehead atoms. The minimum Gasteiger partial charge on any atom is -0.0689 e. The highest BCUT2D eigenvalue weighted by Gasteiger charge is 2.29. The van der Waals surface area contributed by atoms with E-state index in [0.29, 0.717) is 0 Å². The van der Waals surface area contributed by atoms with Crippen LogP contribution in [0.15, 0.2) is 22.7 Å². The third-order valence-electron chi connectivity index (χ3n) is 2.51. The zero-order valence-electron chi connectivity index (χ0n) is 7.52. The normalized spacial score (nSPS) is 19.2. The average molecular weight is 241 g/mol. The lowest BCUT2D eigenvalue weighted by atomic mass is 10.1. The third kappa shape index (κ3) is 1.50. The van der Waals surface area contributed by atoms with Gasteiger partial charge in [0, 0.05) is 4.47 Å².